The number of hydrogen-bond acceptors (Lipinski definition) is 5. The standard InChI is InChI=1S/C25H27NO3S/c1-15-12-25(28)23(17(3)29-24(25)27)21(16(15)2)11-10-20-9-8-18(13-26-20)22-7-5-4-6-19(22)14-30/h4-11,13-17,21,23,28H,12H2,1-3H3/b11-10+/t15-,16?,17+,21-,23-,25-/m0/s1. The molecule has 0 spiro atoms. The maximum atomic E-state index is 12.3. The lowest BCUT2D eigenvalue weighted by atomic mass is 9.60. The SMILES string of the molecule is CC1[C@@H](C)C[C@@]2(O)C(=O)O[C@H](C)[C@H]2[C@H]1/C=C/c1ccc(-c2ccccc2C=S)cn1. The minimum Gasteiger partial charge on any atom is -0.460 e. The van der Waals surface area contributed by atoms with Crippen LogP contribution in [0, 0.1) is 23.7 Å². The topological polar surface area (TPSA) is 59.4 Å². The molecular formula is C25H27NO3S. The minimum absolute atomic E-state index is 0.0391. The van der Waals surface area contributed by atoms with E-state index in [1.807, 2.05) is 55.6 Å². The van der Waals surface area contributed by atoms with Crippen LogP contribution in [0.4, 0.5) is 0 Å². The predicted octanol–water partition coefficient (Wildman–Crippen LogP) is 4.69. The number of benzene rings is 1. The Morgan fingerprint density at radius 1 is 1.20 bits per heavy atom. The molecule has 1 aliphatic carbocycles. The van der Waals surface area contributed by atoms with Crippen LogP contribution in [0.2, 0.25) is 0 Å². The number of cyclic esters (lactones) is 1. The summed E-state index contributed by atoms with van der Waals surface area (Å²) in [5.74, 6) is -0.118. The molecule has 30 heavy (non-hydrogen) atoms. The number of hydrogen-bond donors (Lipinski definition) is 1. The second-order valence-electron chi connectivity index (χ2n) is 8.71. The number of pyridine rings is 1. The summed E-state index contributed by atoms with van der Waals surface area (Å²) >= 11 is 5.12. The van der Waals surface area contributed by atoms with E-state index in [-0.39, 0.29) is 23.9 Å². The highest BCUT2D eigenvalue weighted by atomic mass is 32.1. The van der Waals surface area contributed by atoms with Gasteiger partial charge in [0.25, 0.3) is 0 Å². The first-order chi connectivity index (χ1) is 14.3. The Morgan fingerprint density at radius 3 is 2.67 bits per heavy atom. The van der Waals surface area contributed by atoms with Crippen LogP contribution in [-0.4, -0.2) is 33.1 Å². The first kappa shape index (κ1) is 20.9. The van der Waals surface area contributed by atoms with Gasteiger partial charge in [-0.25, -0.2) is 4.79 Å². The van der Waals surface area contributed by atoms with Crippen LogP contribution in [0.15, 0.2) is 48.7 Å². The third-order valence-electron chi connectivity index (χ3n) is 6.93. The molecule has 0 radical (unpaired) electrons. The van der Waals surface area contributed by atoms with Gasteiger partial charge in [0.05, 0.1) is 5.69 Å². The Bertz CT molecular complexity index is 986. The fraction of sp³-hybridized carbons (Fsp3) is 0.400. The highest BCUT2D eigenvalue weighted by Gasteiger charge is 2.61. The molecule has 2 heterocycles. The highest BCUT2D eigenvalue weighted by molar-refractivity contribution is 7.79. The fourth-order valence-corrected chi connectivity index (χ4v) is 5.34. The lowest BCUT2D eigenvalue weighted by Crippen LogP contribution is -2.52. The van der Waals surface area contributed by atoms with Crippen LogP contribution in [-0.2, 0) is 9.53 Å². The van der Waals surface area contributed by atoms with E-state index in [1.165, 1.54) is 0 Å². The number of esters is 1. The smallest absolute Gasteiger partial charge is 0.338 e. The molecule has 2 aromatic rings. The van der Waals surface area contributed by atoms with Gasteiger partial charge in [-0.15, -0.1) is 0 Å². The Morgan fingerprint density at radius 2 is 1.97 bits per heavy atom. The minimum atomic E-state index is -1.39. The lowest BCUT2D eigenvalue weighted by Gasteiger charge is -2.44. The van der Waals surface area contributed by atoms with Gasteiger partial charge in [0.1, 0.15) is 6.10 Å². The molecule has 4 rings (SSSR count). The van der Waals surface area contributed by atoms with E-state index in [1.54, 1.807) is 5.37 Å². The summed E-state index contributed by atoms with van der Waals surface area (Å²) in [6, 6.07) is 12.0. The molecule has 156 valence electrons. The van der Waals surface area contributed by atoms with Crippen molar-refractivity contribution in [1.82, 2.24) is 4.98 Å². The zero-order valence-corrected chi connectivity index (χ0v) is 18.3. The molecule has 1 N–H and O–H groups in total. The van der Waals surface area contributed by atoms with Gasteiger partial charge < -0.3 is 9.84 Å². The van der Waals surface area contributed by atoms with E-state index >= 15 is 0 Å². The summed E-state index contributed by atoms with van der Waals surface area (Å²) in [5, 5.41) is 12.8. The highest BCUT2D eigenvalue weighted by Crippen LogP contribution is 2.51. The van der Waals surface area contributed by atoms with Crippen molar-refractivity contribution in [2.24, 2.45) is 23.7 Å². The van der Waals surface area contributed by atoms with Gasteiger partial charge in [-0.2, -0.15) is 0 Å². The summed E-state index contributed by atoms with van der Waals surface area (Å²) in [4.78, 5) is 16.9. The number of rotatable bonds is 4. The molecule has 1 aromatic heterocycles. The molecule has 2 aliphatic rings. The van der Waals surface area contributed by atoms with E-state index in [2.05, 4.69) is 24.9 Å². The molecule has 6 atom stereocenters. The number of thiocarbonyl (C=S) groups is 1. The van der Waals surface area contributed by atoms with Crippen LogP contribution in [0.25, 0.3) is 17.2 Å². The van der Waals surface area contributed by atoms with Crippen molar-refractivity contribution in [2.45, 2.75) is 38.9 Å². The van der Waals surface area contributed by atoms with E-state index in [4.69, 9.17) is 17.0 Å². The van der Waals surface area contributed by atoms with Crippen molar-refractivity contribution in [1.29, 1.82) is 0 Å². The molecule has 1 unspecified atom stereocenters. The Hall–Kier alpha value is -2.37. The van der Waals surface area contributed by atoms with Crippen molar-refractivity contribution in [3.8, 4) is 11.1 Å². The van der Waals surface area contributed by atoms with Crippen molar-refractivity contribution in [3.05, 3.63) is 59.9 Å². The molecule has 1 saturated heterocycles. The number of ether oxygens (including phenoxy) is 1. The molecule has 0 amide bonds. The maximum absolute atomic E-state index is 12.3. The van der Waals surface area contributed by atoms with E-state index in [0.29, 0.717) is 12.3 Å². The van der Waals surface area contributed by atoms with Crippen molar-refractivity contribution >= 4 is 29.6 Å². The van der Waals surface area contributed by atoms with E-state index < -0.39 is 11.6 Å². The predicted molar refractivity (Wildman–Crippen MR) is 122 cm³/mol. The van der Waals surface area contributed by atoms with Gasteiger partial charge in [0, 0.05) is 23.0 Å². The van der Waals surface area contributed by atoms with Gasteiger partial charge in [-0.1, -0.05) is 62.5 Å². The Balaban J connectivity index is 1.59. The first-order valence-corrected chi connectivity index (χ1v) is 10.9. The van der Waals surface area contributed by atoms with Gasteiger partial charge in [0.15, 0.2) is 5.60 Å². The maximum Gasteiger partial charge on any atom is 0.338 e. The Labute approximate surface area is 183 Å². The molecular weight excluding hydrogens is 394 g/mol. The second kappa shape index (κ2) is 8.05. The van der Waals surface area contributed by atoms with Gasteiger partial charge >= 0.3 is 5.97 Å². The third kappa shape index (κ3) is 3.50. The second-order valence-corrected chi connectivity index (χ2v) is 8.95. The first-order valence-electron chi connectivity index (χ1n) is 10.5. The van der Waals surface area contributed by atoms with Crippen LogP contribution in [0.1, 0.15) is 38.4 Å². The quantitative estimate of drug-likeness (QED) is 0.573. The molecule has 1 aliphatic heterocycles. The van der Waals surface area contributed by atoms with Crippen LogP contribution >= 0.6 is 12.2 Å². The van der Waals surface area contributed by atoms with Gasteiger partial charge in [0.2, 0.25) is 0 Å². The number of fused-ring (bicyclic) bond motifs is 1. The largest absolute Gasteiger partial charge is 0.460 e. The van der Waals surface area contributed by atoms with Crippen LogP contribution < -0.4 is 0 Å². The molecule has 1 aromatic carbocycles. The number of aromatic nitrogens is 1. The van der Waals surface area contributed by atoms with Crippen LogP contribution in [0.5, 0.6) is 0 Å². The van der Waals surface area contributed by atoms with E-state index in [0.717, 1.165) is 22.4 Å². The summed E-state index contributed by atoms with van der Waals surface area (Å²) in [6.45, 7) is 6.16. The van der Waals surface area contributed by atoms with Crippen molar-refractivity contribution in [3.63, 3.8) is 0 Å². The number of carbonyl (C=O) groups is 1. The van der Waals surface area contributed by atoms with Gasteiger partial charge in [-0.05, 0) is 54.4 Å². The van der Waals surface area contributed by atoms with Gasteiger partial charge in [-0.3, -0.25) is 4.98 Å². The third-order valence-corrected chi connectivity index (χ3v) is 7.18. The average molecular weight is 422 g/mol. The molecule has 4 nitrogen and oxygen atoms in total. The zero-order chi connectivity index (χ0) is 21.5. The number of nitrogens with zero attached hydrogens (tertiary/aromatic N) is 1. The van der Waals surface area contributed by atoms with Crippen molar-refractivity contribution < 1.29 is 14.6 Å². The molecule has 2 fully saturated rings. The van der Waals surface area contributed by atoms with Crippen molar-refractivity contribution in [2.75, 3.05) is 0 Å². The fourth-order valence-electron chi connectivity index (χ4n) is 5.13. The number of allylic oxidation sites excluding steroid dienone is 1. The average Bonchev–Trinajstić information content (AvgIpc) is 2.97. The Kier molecular flexibility index (Phi) is 5.60. The summed E-state index contributed by atoms with van der Waals surface area (Å²) in [6.07, 6.45) is 6.10. The summed E-state index contributed by atoms with van der Waals surface area (Å²) in [5.41, 5.74) is 2.53. The molecule has 5 heteroatoms. The monoisotopic (exact) mass is 421 g/mol. The number of carbonyl (C=O) groups excluding carboxylic acids is 1. The normalized spacial score (nSPS) is 33.3. The molecule has 1 saturated carbocycles. The van der Waals surface area contributed by atoms with E-state index in [9.17, 15) is 9.90 Å². The molecule has 0 bridgehead atoms. The number of aliphatic hydroxyl groups is 1. The van der Waals surface area contributed by atoms with Crippen LogP contribution in [0.3, 0.4) is 0 Å². The summed E-state index contributed by atoms with van der Waals surface area (Å²) < 4.78 is 5.43. The lowest BCUT2D eigenvalue weighted by molar-refractivity contribution is -0.160. The summed E-state index contributed by atoms with van der Waals surface area (Å²) in [7, 11) is 0. The zero-order valence-electron chi connectivity index (χ0n) is 17.5.